The van der Waals surface area contributed by atoms with Gasteiger partial charge in [-0.05, 0) is 45.3 Å². The van der Waals surface area contributed by atoms with Gasteiger partial charge in [-0.25, -0.2) is 0 Å². The number of hydrogen-bond donors (Lipinski definition) is 0. The summed E-state index contributed by atoms with van der Waals surface area (Å²) in [4.78, 5) is 0. The van der Waals surface area contributed by atoms with E-state index in [2.05, 4.69) is 55.4 Å². The summed E-state index contributed by atoms with van der Waals surface area (Å²) in [6, 6.07) is 0. The smallest absolute Gasteiger partial charge is 0.852 e. The van der Waals surface area contributed by atoms with Crippen LogP contribution in [-0.2, 0) is 21.7 Å². The Balaban J connectivity index is -0.000000122. The Morgan fingerprint density at radius 2 is 0.378 bits per heavy atom. The van der Waals surface area contributed by atoms with E-state index in [9.17, 15) is 20.4 Å². The van der Waals surface area contributed by atoms with Gasteiger partial charge in [0.2, 0.25) is 0 Å². The van der Waals surface area contributed by atoms with Gasteiger partial charge in [0.15, 0.2) is 0 Å². The zero-order valence-electron chi connectivity index (χ0n) is 28.8. The van der Waals surface area contributed by atoms with Crippen LogP contribution < -0.4 is 20.4 Å². The summed E-state index contributed by atoms with van der Waals surface area (Å²) in [5, 5.41) is 44.0. The molecule has 4 atom stereocenters. The van der Waals surface area contributed by atoms with E-state index in [0.717, 1.165) is 0 Å². The molecule has 0 saturated heterocycles. The van der Waals surface area contributed by atoms with Gasteiger partial charge in [0, 0.05) is 0 Å². The molecule has 0 aliphatic rings. The second-order valence-electron chi connectivity index (χ2n) is 14.5. The second kappa shape index (κ2) is 19.6. The fourth-order valence-electron chi connectivity index (χ4n) is 1.88. The van der Waals surface area contributed by atoms with Crippen molar-refractivity contribution in [3.8, 4) is 0 Å². The standard InChI is InChI=1S/4C8H17O.Ti/c4*1-6(2)8(4,5)7(3)9;/h4*6-7H,1-5H3;/q4*-1;+4. The van der Waals surface area contributed by atoms with Crippen molar-refractivity contribution in [3.63, 3.8) is 0 Å². The molecule has 0 fully saturated rings. The predicted octanol–water partition coefficient (Wildman–Crippen LogP) is 5.67. The van der Waals surface area contributed by atoms with Crippen molar-refractivity contribution in [1.82, 2.24) is 0 Å². The van der Waals surface area contributed by atoms with Crippen molar-refractivity contribution < 1.29 is 42.1 Å². The topological polar surface area (TPSA) is 92.2 Å². The summed E-state index contributed by atoms with van der Waals surface area (Å²) in [5.41, 5.74) is -0.222. The van der Waals surface area contributed by atoms with Crippen molar-refractivity contribution in [3.05, 3.63) is 0 Å². The molecule has 0 saturated carbocycles. The maximum Gasteiger partial charge on any atom is 4.00 e. The fraction of sp³-hybridized carbons (Fsp3) is 1.00. The van der Waals surface area contributed by atoms with Crippen LogP contribution in [0.25, 0.3) is 0 Å². The molecule has 0 aliphatic carbocycles. The third-order valence-corrected chi connectivity index (χ3v) is 10.1. The van der Waals surface area contributed by atoms with E-state index in [1.54, 1.807) is 27.7 Å². The minimum Gasteiger partial charge on any atom is -0.852 e. The monoisotopic (exact) mass is 564 g/mol. The Morgan fingerprint density at radius 1 is 0.297 bits per heavy atom. The molecule has 0 aliphatic heterocycles. The van der Waals surface area contributed by atoms with Crippen LogP contribution in [0.15, 0.2) is 0 Å². The number of rotatable bonds is 8. The maximum absolute atomic E-state index is 11.0. The van der Waals surface area contributed by atoms with Gasteiger partial charge < -0.3 is 20.4 Å². The van der Waals surface area contributed by atoms with Crippen LogP contribution in [0.4, 0.5) is 0 Å². The van der Waals surface area contributed by atoms with Crippen molar-refractivity contribution in [2.24, 2.45) is 45.3 Å². The van der Waals surface area contributed by atoms with Crippen LogP contribution in [0.2, 0.25) is 0 Å². The van der Waals surface area contributed by atoms with Crippen molar-refractivity contribution in [2.45, 2.75) is 163 Å². The summed E-state index contributed by atoms with van der Waals surface area (Å²) < 4.78 is 0. The molecule has 0 amide bonds. The third-order valence-electron chi connectivity index (χ3n) is 10.1. The van der Waals surface area contributed by atoms with Gasteiger partial charge in [0.05, 0.1) is 0 Å². The minimum atomic E-state index is -0.461. The molecule has 224 valence electrons. The Kier molecular flexibility index (Phi) is 25.1. The van der Waals surface area contributed by atoms with Crippen LogP contribution in [-0.4, -0.2) is 24.4 Å². The predicted molar refractivity (Wildman–Crippen MR) is 152 cm³/mol. The molecule has 37 heavy (non-hydrogen) atoms. The van der Waals surface area contributed by atoms with Gasteiger partial charge in [-0.1, -0.05) is 138 Å². The zero-order valence-corrected chi connectivity index (χ0v) is 30.3. The molecule has 0 rings (SSSR count). The number of hydrogen-bond acceptors (Lipinski definition) is 4. The molecule has 4 nitrogen and oxygen atoms in total. The zero-order chi connectivity index (χ0) is 30.6. The largest absolute Gasteiger partial charge is 4.00 e. The molecule has 4 unspecified atom stereocenters. The van der Waals surface area contributed by atoms with E-state index >= 15 is 0 Å². The second-order valence-corrected chi connectivity index (χ2v) is 14.5. The SMILES string of the molecule is CC(C)C(C)(C)C(C)[O-].CC(C)C(C)(C)C(C)[O-].CC(C)C(C)(C)C(C)[O-].CC(C)C(C)(C)C(C)[O-].[Ti+4]. The van der Waals surface area contributed by atoms with E-state index in [0.29, 0.717) is 23.7 Å². The molecule has 0 spiro atoms. The third kappa shape index (κ3) is 18.5. The fourth-order valence-corrected chi connectivity index (χ4v) is 1.88. The molecule has 0 aromatic rings. The maximum atomic E-state index is 11.0. The van der Waals surface area contributed by atoms with E-state index in [4.69, 9.17) is 0 Å². The first-order chi connectivity index (χ1) is 15.5. The van der Waals surface area contributed by atoms with Gasteiger partial charge in [0.25, 0.3) is 0 Å². The quantitative estimate of drug-likeness (QED) is 0.355. The van der Waals surface area contributed by atoms with Crippen LogP contribution in [0.5, 0.6) is 0 Å². The first kappa shape index (κ1) is 47.3. The van der Waals surface area contributed by atoms with Gasteiger partial charge >= 0.3 is 21.7 Å². The molecular weight excluding hydrogens is 496 g/mol. The van der Waals surface area contributed by atoms with E-state index in [1.807, 2.05) is 55.4 Å². The van der Waals surface area contributed by atoms with Crippen LogP contribution in [0.1, 0.15) is 138 Å². The molecule has 0 N–H and O–H groups in total. The summed E-state index contributed by atoms with van der Waals surface area (Å²) >= 11 is 0. The Bertz CT molecular complexity index is 393. The van der Waals surface area contributed by atoms with Gasteiger partial charge in [-0.3, -0.25) is 0 Å². The Morgan fingerprint density at radius 3 is 0.378 bits per heavy atom. The first-order valence-corrected chi connectivity index (χ1v) is 14.2. The van der Waals surface area contributed by atoms with E-state index < -0.39 is 24.4 Å². The average Bonchev–Trinajstić information content (AvgIpc) is 2.68. The van der Waals surface area contributed by atoms with Gasteiger partial charge in [0.1, 0.15) is 0 Å². The van der Waals surface area contributed by atoms with Crippen molar-refractivity contribution in [2.75, 3.05) is 0 Å². The van der Waals surface area contributed by atoms with E-state index in [-0.39, 0.29) is 43.4 Å². The molecule has 5 heteroatoms. The minimum absolute atomic E-state index is 0. The van der Waals surface area contributed by atoms with Crippen molar-refractivity contribution >= 4 is 0 Å². The Hall–Kier alpha value is 0.554. The molecular formula is C32H68O4Ti. The molecule has 0 aromatic carbocycles. The normalized spacial score (nSPS) is 15.9. The molecule has 0 aromatic heterocycles. The summed E-state index contributed by atoms with van der Waals surface area (Å²) in [5.74, 6) is 1.91. The molecule has 0 heterocycles. The van der Waals surface area contributed by atoms with Crippen LogP contribution >= 0.6 is 0 Å². The average molecular weight is 565 g/mol. The summed E-state index contributed by atoms with van der Waals surface area (Å²) in [6.07, 6.45) is -1.84. The Labute approximate surface area is 249 Å². The van der Waals surface area contributed by atoms with Gasteiger partial charge in [-0.15, -0.1) is 24.4 Å². The van der Waals surface area contributed by atoms with Crippen LogP contribution in [0.3, 0.4) is 0 Å². The first-order valence-electron chi connectivity index (χ1n) is 14.2. The van der Waals surface area contributed by atoms with E-state index in [1.165, 1.54) is 0 Å². The van der Waals surface area contributed by atoms with Gasteiger partial charge in [-0.2, -0.15) is 0 Å². The summed E-state index contributed by atoms with van der Waals surface area (Å²) in [7, 11) is 0. The molecule has 0 bridgehead atoms. The van der Waals surface area contributed by atoms with Crippen molar-refractivity contribution in [1.29, 1.82) is 0 Å². The molecule has 0 radical (unpaired) electrons. The summed E-state index contributed by atoms with van der Waals surface area (Å²) in [6.45, 7) is 39.9. The van der Waals surface area contributed by atoms with Crippen LogP contribution in [0, 0.1) is 45.3 Å².